The van der Waals surface area contributed by atoms with E-state index < -0.39 is 25.7 Å². The summed E-state index contributed by atoms with van der Waals surface area (Å²) in [5.41, 5.74) is 1.31. The zero-order valence-corrected chi connectivity index (χ0v) is 14.3. The Kier molecular flexibility index (Phi) is 5.13. The van der Waals surface area contributed by atoms with E-state index in [0.717, 1.165) is 16.7 Å². The molecule has 0 aromatic heterocycles. The second kappa shape index (κ2) is 7.31. The lowest BCUT2D eigenvalue weighted by molar-refractivity contribution is -0.142. The molecule has 2 aromatic carbocycles. The fraction of sp³-hybridized carbons (Fsp3) is 0.278. The van der Waals surface area contributed by atoms with Gasteiger partial charge in [-0.1, -0.05) is 41.0 Å². The highest BCUT2D eigenvalue weighted by molar-refractivity contribution is 7.46. The van der Waals surface area contributed by atoms with Gasteiger partial charge in [-0.15, -0.1) is 0 Å². The van der Waals surface area contributed by atoms with Crippen molar-refractivity contribution in [3.8, 4) is 16.9 Å². The molecule has 3 rings (SSSR count). The van der Waals surface area contributed by atoms with Crippen molar-refractivity contribution in [2.24, 2.45) is 0 Å². The Morgan fingerprint density at radius 1 is 1.20 bits per heavy atom. The van der Waals surface area contributed by atoms with Crippen LogP contribution in [0.2, 0.25) is 0 Å². The summed E-state index contributed by atoms with van der Waals surface area (Å²) in [6.07, 6.45) is -1.06. The maximum Gasteiger partial charge on any atom is 0.360 e. The van der Waals surface area contributed by atoms with Gasteiger partial charge in [-0.25, -0.2) is 4.79 Å². The molecule has 1 aliphatic heterocycles. The van der Waals surface area contributed by atoms with E-state index in [-0.39, 0.29) is 11.9 Å². The first-order valence-corrected chi connectivity index (χ1v) is 9.45. The van der Waals surface area contributed by atoms with Gasteiger partial charge < -0.3 is 15.3 Å². The molecule has 7 heteroatoms. The Hall–Kier alpha value is -2.27. The number of aromatic hydroxyl groups is 1. The van der Waals surface area contributed by atoms with Gasteiger partial charge in [0.25, 0.3) is 5.66 Å². The van der Waals surface area contributed by atoms with Crippen molar-refractivity contribution < 1.29 is 24.7 Å². The summed E-state index contributed by atoms with van der Waals surface area (Å²) in [5, 5.41) is 29.4. The minimum Gasteiger partial charge on any atom is -0.508 e. The molecule has 0 bridgehead atoms. The van der Waals surface area contributed by atoms with Crippen LogP contribution in [0.25, 0.3) is 11.1 Å². The van der Waals surface area contributed by atoms with E-state index in [1.807, 2.05) is 30.3 Å². The van der Waals surface area contributed by atoms with Gasteiger partial charge in [0.05, 0.1) is 0 Å². The lowest BCUT2D eigenvalue weighted by Crippen LogP contribution is -2.49. The van der Waals surface area contributed by atoms with E-state index in [4.69, 9.17) is 0 Å². The van der Waals surface area contributed by atoms with E-state index >= 15 is 0 Å². The first kappa shape index (κ1) is 17.5. The Morgan fingerprint density at radius 3 is 2.60 bits per heavy atom. The quantitative estimate of drug-likeness (QED) is 0.725. The molecule has 0 spiro atoms. The molecule has 3 unspecified atom stereocenters. The third kappa shape index (κ3) is 3.71. The fourth-order valence-corrected chi connectivity index (χ4v) is 4.54. The van der Waals surface area contributed by atoms with E-state index in [2.05, 4.69) is 0 Å². The van der Waals surface area contributed by atoms with Crippen LogP contribution < -0.4 is 0 Å². The third-order valence-corrected chi connectivity index (χ3v) is 6.13. The minimum absolute atomic E-state index is 0.133. The van der Waals surface area contributed by atoms with Gasteiger partial charge in [-0.05, 0) is 28.8 Å². The molecule has 6 nitrogen and oxygen atoms in total. The number of benzene rings is 2. The van der Waals surface area contributed by atoms with Crippen molar-refractivity contribution in [2.75, 3.05) is 12.7 Å². The molecule has 25 heavy (non-hydrogen) atoms. The topological polar surface area (TPSA) is 98.1 Å². The molecule has 2 aromatic rings. The van der Waals surface area contributed by atoms with Crippen LogP contribution in [0.3, 0.4) is 0 Å². The van der Waals surface area contributed by atoms with Gasteiger partial charge in [0, 0.05) is 13.1 Å². The fourth-order valence-electron chi connectivity index (χ4n) is 3.08. The number of carboxylic acid groups (broad SMARTS) is 1. The average Bonchev–Trinajstić information content (AvgIpc) is 2.59. The zero-order chi connectivity index (χ0) is 18.0. The first-order valence-electron chi connectivity index (χ1n) is 7.93. The van der Waals surface area contributed by atoms with Crippen LogP contribution in [0.4, 0.5) is 0 Å². The van der Waals surface area contributed by atoms with Gasteiger partial charge in [0.15, 0.2) is 12.4 Å². The number of aliphatic carboxylic acids is 1. The lowest BCUT2D eigenvalue weighted by Gasteiger charge is -2.30. The van der Waals surface area contributed by atoms with E-state index in [0.29, 0.717) is 13.1 Å². The van der Waals surface area contributed by atoms with Gasteiger partial charge in [0.2, 0.25) is 0 Å². The van der Waals surface area contributed by atoms with Crippen molar-refractivity contribution >= 4 is 13.8 Å². The number of phenols is 1. The predicted octanol–water partition coefficient (Wildman–Crippen LogP) is 2.47. The molecule has 1 saturated heterocycles. The highest BCUT2D eigenvalue weighted by Gasteiger charge is 2.50. The van der Waals surface area contributed by atoms with Crippen LogP contribution in [0.1, 0.15) is 5.56 Å². The average molecular weight is 360 g/mol. The van der Waals surface area contributed by atoms with Crippen molar-refractivity contribution in [1.29, 1.82) is 0 Å². The van der Waals surface area contributed by atoms with E-state index in [9.17, 15) is 24.7 Å². The monoisotopic (exact) mass is 360 g/mol. The molecule has 130 valence electrons. The van der Waals surface area contributed by atoms with Crippen LogP contribution in [-0.4, -0.2) is 50.8 Å². The van der Waals surface area contributed by atoms with Crippen LogP contribution in [0.15, 0.2) is 48.5 Å². The van der Waals surface area contributed by atoms with Gasteiger partial charge in [-0.2, -0.15) is 0 Å². The lowest BCUT2D eigenvalue weighted by atomic mass is 9.98. The standard InChI is InChI=1S/C18H18NO5P/c20-14-7-6-13(15(10-14)12-4-2-1-3-5-12)11-19-8-9-25(24)16(17(19)21)18(22)23/h1-7,10,16-17,21H,8-9,11H2,(H-,20,22,23)/p+1. The number of hydrogen-bond donors (Lipinski definition) is 3. The summed E-state index contributed by atoms with van der Waals surface area (Å²) in [5.74, 6) is -1.11. The minimum atomic E-state index is -1.97. The summed E-state index contributed by atoms with van der Waals surface area (Å²) in [6, 6.07) is 14.5. The number of phenolic OH excluding ortho intramolecular Hbond substituents is 1. The smallest absolute Gasteiger partial charge is 0.360 e. The van der Waals surface area contributed by atoms with Crippen LogP contribution in [0, 0.1) is 0 Å². The Bertz CT molecular complexity index is 795. The summed E-state index contributed by atoms with van der Waals surface area (Å²) in [4.78, 5) is 12.9. The molecule has 3 atom stereocenters. The number of carboxylic acids is 1. The van der Waals surface area contributed by atoms with Crippen molar-refractivity contribution in [2.45, 2.75) is 18.4 Å². The second-order valence-corrected chi connectivity index (χ2v) is 7.85. The summed E-state index contributed by atoms with van der Waals surface area (Å²) < 4.78 is 11.9. The summed E-state index contributed by atoms with van der Waals surface area (Å²) in [7, 11) is -1.97. The summed E-state index contributed by atoms with van der Waals surface area (Å²) in [6.45, 7) is 0.661. The molecule has 1 fully saturated rings. The number of aliphatic hydroxyl groups excluding tert-OH is 1. The molecule has 0 radical (unpaired) electrons. The predicted molar refractivity (Wildman–Crippen MR) is 93.9 cm³/mol. The third-order valence-electron chi connectivity index (χ3n) is 4.38. The van der Waals surface area contributed by atoms with Crippen molar-refractivity contribution in [3.63, 3.8) is 0 Å². The van der Waals surface area contributed by atoms with E-state index in [1.165, 1.54) is 0 Å². The molecule has 3 N–H and O–H groups in total. The number of carbonyl (C=O) groups is 1. The van der Waals surface area contributed by atoms with Crippen LogP contribution in [0.5, 0.6) is 5.75 Å². The highest BCUT2D eigenvalue weighted by atomic mass is 31.1. The Balaban J connectivity index is 1.91. The van der Waals surface area contributed by atoms with Crippen LogP contribution >= 0.6 is 7.80 Å². The maximum absolute atomic E-state index is 11.9. The van der Waals surface area contributed by atoms with Crippen molar-refractivity contribution in [3.05, 3.63) is 54.1 Å². The van der Waals surface area contributed by atoms with Gasteiger partial charge in [-0.3, -0.25) is 4.90 Å². The number of nitrogens with zero attached hydrogens (tertiary/aromatic N) is 1. The van der Waals surface area contributed by atoms with Crippen LogP contribution in [-0.2, 0) is 15.9 Å². The zero-order valence-electron chi connectivity index (χ0n) is 13.4. The highest BCUT2D eigenvalue weighted by Crippen LogP contribution is 2.37. The van der Waals surface area contributed by atoms with E-state index in [1.54, 1.807) is 23.1 Å². The maximum atomic E-state index is 11.9. The first-order chi connectivity index (χ1) is 12.0. The molecule has 0 aliphatic carbocycles. The van der Waals surface area contributed by atoms with Gasteiger partial charge in [0.1, 0.15) is 5.75 Å². The molecular weight excluding hydrogens is 341 g/mol. The molecular formula is C18H19NO5P+. The van der Waals surface area contributed by atoms with Gasteiger partial charge >= 0.3 is 13.8 Å². The second-order valence-electron chi connectivity index (χ2n) is 6.02. The largest absolute Gasteiger partial charge is 0.508 e. The summed E-state index contributed by atoms with van der Waals surface area (Å²) >= 11 is 0. The SMILES string of the molecule is O=C(O)C1C(O)N(Cc2ccc(O)cc2-c2ccccc2)CC[P+]1=O. The molecule has 1 aliphatic rings. The Morgan fingerprint density at radius 2 is 1.92 bits per heavy atom. The Labute approximate surface area is 146 Å². The molecule has 0 saturated carbocycles. The van der Waals surface area contributed by atoms with Crippen molar-refractivity contribution in [1.82, 2.24) is 4.90 Å². The molecule has 1 heterocycles. The normalized spacial score (nSPS) is 22.7. The number of hydrogen-bond acceptors (Lipinski definition) is 5. The number of rotatable bonds is 4. The number of aliphatic hydroxyl groups is 1. The molecule has 0 amide bonds.